The first kappa shape index (κ1) is 11.1. The normalized spacial score (nSPS) is 10.9. The van der Waals surface area contributed by atoms with Gasteiger partial charge in [-0.15, -0.1) is 0 Å². The topological polar surface area (TPSA) is 25.0 Å². The highest BCUT2D eigenvalue weighted by Crippen LogP contribution is 2.29. The fourth-order valence-electron chi connectivity index (χ4n) is 2.15. The lowest BCUT2D eigenvalue weighted by Gasteiger charge is -2.04. The number of ether oxygens (including phenoxy) is 1. The standard InChI is InChI=1S/C14H19NO/c1-3-4-5-7-11-10-15-12-8-6-9-13(16-2)14(11)12/h6,8-10,15H,3-5,7H2,1-2H3. The fourth-order valence-corrected chi connectivity index (χ4v) is 2.15. The van der Waals surface area contributed by atoms with Crippen LogP contribution in [0.3, 0.4) is 0 Å². The van der Waals surface area contributed by atoms with Crippen LogP contribution >= 0.6 is 0 Å². The van der Waals surface area contributed by atoms with Gasteiger partial charge in [-0.2, -0.15) is 0 Å². The van der Waals surface area contributed by atoms with Gasteiger partial charge in [-0.05, 0) is 30.5 Å². The molecule has 1 aromatic carbocycles. The van der Waals surface area contributed by atoms with Crippen LogP contribution in [0.4, 0.5) is 0 Å². The molecule has 1 aromatic heterocycles. The molecule has 1 N–H and O–H groups in total. The Morgan fingerprint density at radius 2 is 2.12 bits per heavy atom. The van der Waals surface area contributed by atoms with Gasteiger partial charge < -0.3 is 9.72 Å². The molecule has 0 spiro atoms. The molecule has 2 nitrogen and oxygen atoms in total. The second-order valence-electron chi connectivity index (χ2n) is 4.15. The van der Waals surface area contributed by atoms with Gasteiger partial charge >= 0.3 is 0 Å². The minimum absolute atomic E-state index is 0.977. The second-order valence-corrected chi connectivity index (χ2v) is 4.15. The zero-order chi connectivity index (χ0) is 11.4. The van der Waals surface area contributed by atoms with Crippen LogP contribution in [0.25, 0.3) is 10.9 Å². The Balaban J connectivity index is 2.30. The Kier molecular flexibility index (Phi) is 3.50. The number of aryl methyl sites for hydroxylation is 1. The van der Waals surface area contributed by atoms with E-state index in [-0.39, 0.29) is 0 Å². The van der Waals surface area contributed by atoms with E-state index < -0.39 is 0 Å². The Labute approximate surface area is 96.6 Å². The molecule has 2 heteroatoms. The van der Waals surface area contributed by atoms with Crippen molar-refractivity contribution in [2.45, 2.75) is 32.6 Å². The largest absolute Gasteiger partial charge is 0.496 e. The van der Waals surface area contributed by atoms with Crippen molar-refractivity contribution >= 4 is 10.9 Å². The zero-order valence-electron chi connectivity index (χ0n) is 10.0. The molecule has 0 atom stereocenters. The van der Waals surface area contributed by atoms with Gasteiger partial charge in [0.25, 0.3) is 0 Å². The summed E-state index contributed by atoms with van der Waals surface area (Å²) in [5, 5.41) is 1.25. The molecule has 2 aromatic rings. The summed E-state index contributed by atoms with van der Waals surface area (Å²) in [6.07, 6.45) is 7.06. The maximum Gasteiger partial charge on any atom is 0.128 e. The second kappa shape index (κ2) is 5.06. The average molecular weight is 217 g/mol. The predicted octanol–water partition coefficient (Wildman–Crippen LogP) is 3.91. The Hall–Kier alpha value is -1.44. The summed E-state index contributed by atoms with van der Waals surface area (Å²) in [6, 6.07) is 6.15. The highest BCUT2D eigenvalue weighted by Gasteiger charge is 2.08. The highest BCUT2D eigenvalue weighted by molar-refractivity contribution is 5.89. The molecule has 0 saturated carbocycles. The van der Waals surface area contributed by atoms with Crippen molar-refractivity contribution < 1.29 is 4.74 Å². The van der Waals surface area contributed by atoms with Gasteiger partial charge in [-0.25, -0.2) is 0 Å². The Bertz CT molecular complexity index is 459. The van der Waals surface area contributed by atoms with Gasteiger partial charge in [-0.3, -0.25) is 0 Å². The van der Waals surface area contributed by atoms with Crippen molar-refractivity contribution in [3.63, 3.8) is 0 Å². The number of hydrogen-bond donors (Lipinski definition) is 1. The molecular weight excluding hydrogens is 198 g/mol. The lowest BCUT2D eigenvalue weighted by Crippen LogP contribution is -1.87. The van der Waals surface area contributed by atoms with Crippen molar-refractivity contribution in [1.82, 2.24) is 4.98 Å². The Morgan fingerprint density at radius 3 is 2.88 bits per heavy atom. The van der Waals surface area contributed by atoms with Crippen LogP contribution in [0.1, 0.15) is 31.7 Å². The molecule has 0 aliphatic carbocycles. The van der Waals surface area contributed by atoms with E-state index in [1.165, 1.54) is 35.7 Å². The summed E-state index contributed by atoms with van der Waals surface area (Å²) in [5.41, 5.74) is 2.55. The van der Waals surface area contributed by atoms with E-state index >= 15 is 0 Å². The van der Waals surface area contributed by atoms with E-state index in [1.54, 1.807) is 7.11 Å². The molecule has 0 fully saturated rings. The third-order valence-corrected chi connectivity index (χ3v) is 3.02. The van der Waals surface area contributed by atoms with Crippen LogP contribution in [0.2, 0.25) is 0 Å². The minimum Gasteiger partial charge on any atom is -0.496 e. The average Bonchev–Trinajstić information content (AvgIpc) is 2.73. The number of H-pyrrole nitrogens is 1. The molecule has 0 radical (unpaired) electrons. The van der Waals surface area contributed by atoms with Gasteiger partial charge in [0.05, 0.1) is 7.11 Å². The first-order valence-electron chi connectivity index (χ1n) is 5.99. The van der Waals surface area contributed by atoms with E-state index in [9.17, 15) is 0 Å². The van der Waals surface area contributed by atoms with Crippen molar-refractivity contribution in [1.29, 1.82) is 0 Å². The summed E-state index contributed by atoms with van der Waals surface area (Å²) < 4.78 is 5.41. The number of aromatic amines is 1. The predicted molar refractivity (Wildman–Crippen MR) is 68.1 cm³/mol. The molecule has 0 bridgehead atoms. The summed E-state index contributed by atoms with van der Waals surface area (Å²) >= 11 is 0. The third kappa shape index (κ3) is 2.06. The number of unbranched alkanes of at least 4 members (excludes halogenated alkanes) is 2. The van der Waals surface area contributed by atoms with Crippen LogP contribution < -0.4 is 4.74 Å². The monoisotopic (exact) mass is 217 g/mol. The lowest BCUT2D eigenvalue weighted by molar-refractivity contribution is 0.419. The molecule has 0 unspecified atom stereocenters. The van der Waals surface area contributed by atoms with Gasteiger partial charge in [0.15, 0.2) is 0 Å². The number of aromatic nitrogens is 1. The van der Waals surface area contributed by atoms with Gasteiger partial charge in [0.2, 0.25) is 0 Å². The molecule has 0 saturated heterocycles. The van der Waals surface area contributed by atoms with Crippen LogP contribution in [0.5, 0.6) is 5.75 Å². The number of rotatable bonds is 5. The highest BCUT2D eigenvalue weighted by atomic mass is 16.5. The summed E-state index contributed by atoms with van der Waals surface area (Å²) in [6.45, 7) is 2.23. The van der Waals surface area contributed by atoms with Crippen LogP contribution in [0.15, 0.2) is 24.4 Å². The molecular formula is C14H19NO. The fraction of sp³-hybridized carbons (Fsp3) is 0.429. The van der Waals surface area contributed by atoms with Crippen molar-refractivity contribution in [3.8, 4) is 5.75 Å². The molecule has 0 amide bonds. The first-order valence-corrected chi connectivity index (χ1v) is 5.99. The zero-order valence-corrected chi connectivity index (χ0v) is 10.0. The molecule has 86 valence electrons. The van der Waals surface area contributed by atoms with Crippen LogP contribution in [0, 0.1) is 0 Å². The number of hydrogen-bond acceptors (Lipinski definition) is 1. The molecule has 2 rings (SSSR count). The maximum absolute atomic E-state index is 5.41. The number of fused-ring (bicyclic) bond motifs is 1. The van der Waals surface area contributed by atoms with Crippen molar-refractivity contribution in [2.75, 3.05) is 7.11 Å². The van der Waals surface area contributed by atoms with E-state index in [4.69, 9.17) is 4.74 Å². The third-order valence-electron chi connectivity index (χ3n) is 3.02. The van der Waals surface area contributed by atoms with E-state index in [0.29, 0.717) is 0 Å². The SMILES string of the molecule is CCCCCc1c[nH]c2cccc(OC)c12. The quantitative estimate of drug-likeness (QED) is 0.755. The smallest absolute Gasteiger partial charge is 0.128 e. The summed E-state index contributed by atoms with van der Waals surface area (Å²) in [5.74, 6) is 0.977. The summed E-state index contributed by atoms with van der Waals surface area (Å²) in [4.78, 5) is 3.31. The lowest BCUT2D eigenvalue weighted by atomic mass is 10.1. The summed E-state index contributed by atoms with van der Waals surface area (Å²) in [7, 11) is 1.73. The van der Waals surface area contributed by atoms with E-state index in [1.807, 2.05) is 12.1 Å². The maximum atomic E-state index is 5.41. The number of methoxy groups -OCH3 is 1. The first-order chi connectivity index (χ1) is 7.86. The van der Waals surface area contributed by atoms with Gasteiger partial charge in [-0.1, -0.05) is 25.8 Å². The van der Waals surface area contributed by atoms with Crippen LogP contribution in [-0.4, -0.2) is 12.1 Å². The molecule has 1 heterocycles. The molecule has 16 heavy (non-hydrogen) atoms. The Morgan fingerprint density at radius 1 is 1.25 bits per heavy atom. The van der Waals surface area contributed by atoms with Crippen LogP contribution in [-0.2, 0) is 6.42 Å². The van der Waals surface area contributed by atoms with Gasteiger partial charge in [0.1, 0.15) is 5.75 Å². The van der Waals surface area contributed by atoms with Gasteiger partial charge in [0, 0.05) is 17.1 Å². The number of benzene rings is 1. The van der Waals surface area contributed by atoms with Crippen molar-refractivity contribution in [2.24, 2.45) is 0 Å². The number of nitrogens with one attached hydrogen (secondary N) is 1. The van der Waals surface area contributed by atoms with E-state index in [2.05, 4.69) is 24.2 Å². The van der Waals surface area contributed by atoms with E-state index in [0.717, 1.165) is 12.2 Å². The molecule has 0 aliphatic rings. The molecule has 0 aliphatic heterocycles. The minimum atomic E-state index is 0.977. The van der Waals surface area contributed by atoms with Crippen molar-refractivity contribution in [3.05, 3.63) is 30.0 Å².